The number of methoxy groups -OCH3 is 1. The van der Waals surface area contributed by atoms with Gasteiger partial charge in [0.25, 0.3) is 0 Å². The van der Waals surface area contributed by atoms with Gasteiger partial charge in [0.2, 0.25) is 0 Å². The van der Waals surface area contributed by atoms with Crippen molar-refractivity contribution in [3.05, 3.63) is 59.2 Å². The van der Waals surface area contributed by atoms with E-state index in [9.17, 15) is 0 Å². The summed E-state index contributed by atoms with van der Waals surface area (Å²) in [5.41, 5.74) is 4.10. The highest BCUT2D eigenvalue weighted by atomic mass is 16.6. The SMILES string of the molecule is CCOC12CCC3(CC1COCc1ccccc1)C1Cc4ccc(OC)c5c4C3(CCN1CC1CC1)C2O5. The van der Waals surface area contributed by atoms with E-state index in [1.807, 2.05) is 0 Å². The number of fused-ring (bicyclic) bond motifs is 2. The molecule has 0 amide bonds. The van der Waals surface area contributed by atoms with Crippen molar-refractivity contribution in [3.8, 4) is 11.5 Å². The molecule has 202 valence electrons. The third-order valence-corrected chi connectivity index (χ3v) is 11.5. The van der Waals surface area contributed by atoms with Gasteiger partial charge in [-0.15, -0.1) is 0 Å². The van der Waals surface area contributed by atoms with Crippen LogP contribution >= 0.6 is 0 Å². The summed E-state index contributed by atoms with van der Waals surface area (Å²) in [6, 6.07) is 15.6. The Morgan fingerprint density at radius 3 is 2.71 bits per heavy atom. The van der Waals surface area contributed by atoms with Crippen LogP contribution in [0.1, 0.15) is 62.1 Å². The fourth-order valence-corrected chi connectivity index (χ4v) is 9.95. The van der Waals surface area contributed by atoms with Gasteiger partial charge < -0.3 is 18.9 Å². The molecule has 0 aromatic heterocycles. The van der Waals surface area contributed by atoms with E-state index in [1.165, 1.54) is 61.9 Å². The van der Waals surface area contributed by atoms with Crippen LogP contribution in [0.5, 0.6) is 11.5 Å². The first-order chi connectivity index (χ1) is 18.6. The highest BCUT2D eigenvalue weighted by Gasteiger charge is 2.80. The molecule has 7 aliphatic rings. The molecule has 1 saturated heterocycles. The van der Waals surface area contributed by atoms with Gasteiger partial charge in [-0.3, -0.25) is 4.90 Å². The minimum absolute atomic E-state index is 0.0124. The van der Waals surface area contributed by atoms with Crippen molar-refractivity contribution in [2.75, 3.05) is 33.4 Å². The molecule has 0 radical (unpaired) electrons. The van der Waals surface area contributed by atoms with E-state index in [4.69, 9.17) is 18.9 Å². The number of ether oxygens (including phenoxy) is 4. The van der Waals surface area contributed by atoms with Gasteiger partial charge >= 0.3 is 0 Å². The molecule has 9 rings (SSSR count). The van der Waals surface area contributed by atoms with Crippen LogP contribution in [0.3, 0.4) is 0 Å². The molecule has 4 saturated carbocycles. The lowest BCUT2D eigenvalue weighted by molar-refractivity contribution is -0.289. The lowest BCUT2D eigenvalue weighted by atomic mass is 9.35. The molecular formula is C33H41NO4. The predicted octanol–water partition coefficient (Wildman–Crippen LogP) is 5.53. The van der Waals surface area contributed by atoms with Crippen LogP contribution < -0.4 is 9.47 Å². The Bertz CT molecular complexity index is 1230. The Kier molecular flexibility index (Phi) is 5.29. The Balaban J connectivity index is 1.23. The van der Waals surface area contributed by atoms with E-state index in [0.29, 0.717) is 25.2 Å². The Morgan fingerprint density at radius 2 is 1.92 bits per heavy atom. The molecule has 38 heavy (non-hydrogen) atoms. The lowest BCUT2D eigenvalue weighted by Gasteiger charge is -2.74. The molecule has 6 unspecified atom stereocenters. The first-order valence-electron chi connectivity index (χ1n) is 15.0. The van der Waals surface area contributed by atoms with E-state index in [1.54, 1.807) is 7.11 Å². The molecule has 0 N–H and O–H groups in total. The highest BCUT2D eigenvalue weighted by Crippen LogP contribution is 2.76. The minimum atomic E-state index is -0.324. The maximum atomic E-state index is 7.18. The molecule has 2 heterocycles. The Labute approximate surface area is 226 Å². The topological polar surface area (TPSA) is 40.2 Å². The first kappa shape index (κ1) is 23.8. The summed E-state index contributed by atoms with van der Waals surface area (Å²) < 4.78 is 26.5. The number of hydrogen-bond donors (Lipinski definition) is 0. The van der Waals surface area contributed by atoms with E-state index in [-0.39, 0.29) is 22.5 Å². The van der Waals surface area contributed by atoms with Crippen molar-refractivity contribution in [2.45, 2.75) is 81.6 Å². The van der Waals surface area contributed by atoms with Gasteiger partial charge in [-0.2, -0.15) is 0 Å². The molecule has 2 aromatic carbocycles. The molecule has 2 aliphatic heterocycles. The van der Waals surface area contributed by atoms with E-state index in [2.05, 4.69) is 54.3 Å². The first-order valence-corrected chi connectivity index (χ1v) is 15.0. The second kappa shape index (κ2) is 8.46. The molecule has 5 aliphatic carbocycles. The molecular weight excluding hydrogens is 474 g/mol. The van der Waals surface area contributed by atoms with Gasteiger partial charge in [-0.05, 0) is 81.5 Å². The molecule has 5 nitrogen and oxygen atoms in total. The number of rotatable bonds is 9. The summed E-state index contributed by atoms with van der Waals surface area (Å²) in [5, 5.41) is 0. The second-order valence-electron chi connectivity index (χ2n) is 13.0. The summed E-state index contributed by atoms with van der Waals surface area (Å²) in [5.74, 6) is 3.14. The summed E-state index contributed by atoms with van der Waals surface area (Å²) in [7, 11) is 1.79. The number of nitrogens with zero attached hydrogens (tertiary/aromatic N) is 1. The van der Waals surface area contributed by atoms with Crippen LogP contribution in [-0.4, -0.2) is 56.1 Å². The van der Waals surface area contributed by atoms with Gasteiger partial charge in [-0.25, -0.2) is 0 Å². The van der Waals surface area contributed by atoms with Crippen molar-refractivity contribution in [3.63, 3.8) is 0 Å². The molecule has 5 fully saturated rings. The number of piperidine rings is 1. The summed E-state index contributed by atoms with van der Waals surface area (Å²) in [6.45, 7) is 6.69. The van der Waals surface area contributed by atoms with E-state index < -0.39 is 0 Å². The Hall–Kier alpha value is -2.08. The summed E-state index contributed by atoms with van der Waals surface area (Å²) in [6.07, 6.45) is 8.61. The maximum Gasteiger partial charge on any atom is 0.165 e. The van der Waals surface area contributed by atoms with Crippen LogP contribution in [-0.2, 0) is 27.9 Å². The maximum absolute atomic E-state index is 7.18. The lowest BCUT2D eigenvalue weighted by Crippen LogP contribution is -2.81. The van der Waals surface area contributed by atoms with Crippen LogP contribution in [0.25, 0.3) is 0 Å². The minimum Gasteiger partial charge on any atom is -0.493 e. The predicted molar refractivity (Wildman–Crippen MR) is 146 cm³/mol. The third kappa shape index (κ3) is 2.99. The molecule has 6 atom stereocenters. The van der Waals surface area contributed by atoms with Crippen LogP contribution in [0.2, 0.25) is 0 Å². The van der Waals surface area contributed by atoms with E-state index in [0.717, 1.165) is 36.9 Å². The zero-order valence-corrected chi connectivity index (χ0v) is 22.9. The van der Waals surface area contributed by atoms with E-state index >= 15 is 0 Å². The molecule has 2 aromatic rings. The Morgan fingerprint density at radius 1 is 1.05 bits per heavy atom. The van der Waals surface area contributed by atoms with Crippen LogP contribution in [0.4, 0.5) is 0 Å². The number of likely N-dealkylation sites (tertiary alicyclic amines) is 1. The van der Waals surface area contributed by atoms with Gasteiger partial charge in [0, 0.05) is 41.5 Å². The number of hydrogen-bond acceptors (Lipinski definition) is 5. The smallest absolute Gasteiger partial charge is 0.165 e. The molecule has 5 heteroatoms. The van der Waals surface area contributed by atoms with Gasteiger partial charge in [-0.1, -0.05) is 36.4 Å². The summed E-state index contributed by atoms with van der Waals surface area (Å²) >= 11 is 0. The van der Waals surface area contributed by atoms with Gasteiger partial charge in [0.1, 0.15) is 11.7 Å². The normalized spacial score (nSPS) is 38.1. The fourth-order valence-electron chi connectivity index (χ4n) is 9.95. The number of benzene rings is 2. The standard InChI is InChI=1S/C33H41NO4/c1-3-37-33-14-13-31(18-25(33)21-36-20-23-7-5-4-6-8-23)27-17-24-11-12-26(35-2)29-28(24)32(31,30(33)38-29)15-16-34(27)19-22-9-10-22/h4-8,11-12,22,25,27,30H,3,9-10,13-21H2,1-2H3. The average molecular weight is 516 g/mol. The zero-order chi connectivity index (χ0) is 25.5. The highest BCUT2D eigenvalue weighted by molar-refractivity contribution is 5.63. The fraction of sp³-hybridized carbons (Fsp3) is 0.636. The molecule has 4 bridgehead atoms. The monoisotopic (exact) mass is 515 g/mol. The van der Waals surface area contributed by atoms with Crippen molar-refractivity contribution >= 4 is 0 Å². The second-order valence-corrected chi connectivity index (χ2v) is 13.0. The van der Waals surface area contributed by atoms with Crippen LogP contribution in [0, 0.1) is 17.3 Å². The summed E-state index contributed by atoms with van der Waals surface area (Å²) in [4.78, 5) is 2.91. The van der Waals surface area contributed by atoms with Gasteiger partial charge in [0.15, 0.2) is 11.5 Å². The molecule has 2 spiro atoms. The zero-order valence-electron chi connectivity index (χ0n) is 22.9. The van der Waals surface area contributed by atoms with Crippen molar-refractivity contribution in [1.29, 1.82) is 0 Å². The van der Waals surface area contributed by atoms with Gasteiger partial charge in [0.05, 0.1) is 20.3 Å². The van der Waals surface area contributed by atoms with Crippen LogP contribution in [0.15, 0.2) is 42.5 Å². The largest absolute Gasteiger partial charge is 0.493 e. The third-order valence-electron chi connectivity index (χ3n) is 11.5. The van der Waals surface area contributed by atoms with Crippen molar-refractivity contribution < 1.29 is 18.9 Å². The van der Waals surface area contributed by atoms with Crippen molar-refractivity contribution in [2.24, 2.45) is 17.3 Å². The average Bonchev–Trinajstić information content (AvgIpc) is 3.68. The quantitative estimate of drug-likeness (QED) is 0.439. The van der Waals surface area contributed by atoms with Crippen molar-refractivity contribution in [1.82, 2.24) is 4.90 Å².